The molecule has 0 spiro atoms. The molecule has 1 heterocycles. The van der Waals surface area contributed by atoms with Crippen LogP contribution in [0.1, 0.15) is 12.8 Å². The maximum absolute atomic E-state index is 12.9. The monoisotopic (exact) mass is 267 g/mol. The molecule has 5 nitrogen and oxygen atoms in total. The van der Waals surface area contributed by atoms with Crippen LogP contribution >= 0.6 is 0 Å². The van der Waals surface area contributed by atoms with Gasteiger partial charge in [0.05, 0.1) is 0 Å². The molecule has 1 N–H and O–H groups in total. The van der Waals surface area contributed by atoms with Crippen molar-refractivity contribution in [3.63, 3.8) is 0 Å². The Kier molecular flexibility index (Phi) is 4.46. The molecule has 1 aliphatic heterocycles. The SMILES string of the molecule is O=C(COC(=O)[C@@H]1CCCO1)Nc1cccc(F)c1. The van der Waals surface area contributed by atoms with Gasteiger partial charge in [-0.1, -0.05) is 6.07 Å². The van der Waals surface area contributed by atoms with E-state index in [1.54, 1.807) is 6.07 Å². The zero-order chi connectivity index (χ0) is 13.7. The first-order chi connectivity index (χ1) is 9.15. The third-order valence-corrected chi connectivity index (χ3v) is 2.65. The van der Waals surface area contributed by atoms with Crippen LogP contribution in [0.15, 0.2) is 24.3 Å². The molecule has 1 aliphatic rings. The Labute approximate surface area is 109 Å². The fourth-order valence-electron chi connectivity index (χ4n) is 1.76. The minimum Gasteiger partial charge on any atom is -0.454 e. The molecule has 2 rings (SSSR count). The molecule has 0 radical (unpaired) electrons. The molecule has 19 heavy (non-hydrogen) atoms. The molecule has 0 saturated carbocycles. The van der Waals surface area contributed by atoms with Gasteiger partial charge in [-0.25, -0.2) is 9.18 Å². The molecular formula is C13H14FNO4. The average Bonchev–Trinajstić information content (AvgIpc) is 2.90. The van der Waals surface area contributed by atoms with Crippen molar-refractivity contribution in [3.05, 3.63) is 30.1 Å². The molecule has 1 aromatic rings. The van der Waals surface area contributed by atoms with Crippen LogP contribution in [0, 0.1) is 5.82 Å². The Bertz CT molecular complexity index is 471. The van der Waals surface area contributed by atoms with Crippen molar-refractivity contribution in [2.24, 2.45) is 0 Å². The number of benzene rings is 1. The van der Waals surface area contributed by atoms with Gasteiger partial charge >= 0.3 is 5.97 Å². The fraction of sp³-hybridized carbons (Fsp3) is 0.385. The Hall–Kier alpha value is -1.95. The van der Waals surface area contributed by atoms with Gasteiger partial charge in [-0.05, 0) is 31.0 Å². The van der Waals surface area contributed by atoms with Crippen LogP contribution in [0.2, 0.25) is 0 Å². The lowest BCUT2D eigenvalue weighted by Crippen LogP contribution is -2.27. The molecular weight excluding hydrogens is 253 g/mol. The highest BCUT2D eigenvalue weighted by molar-refractivity contribution is 5.93. The molecule has 0 unspecified atom stereocenters. The smallest absolute Gasteiger partial charge is 0.335 e. The molecule has 6 heteroatoms. The normalized spacial score (nSPS) is 18.1. The van der Waals surface area contributed by atoms with Gasteiger partial charge in [0.15, 0.2) is 12.7 Å². The second-order valence-electron chi connectivity index (χ2n) is 4.17. The van der Waals surface area contributed by atoms with Crippen LogP contribution in [0.4, 0.5) is 10.1 Å². The van der Waals surface area contributed by atoms with E-state index in [0.29, 0.717) is 18.7 Å². The number of carbonyl (C=O) groups excluding carboxylic acids is 2. The van der Waals surface area contributed by atoms with Gasteiger partial charge in [0.2, 0.25) is 0 Å². The van der Waals surface area contributed by atoms with Gasteiger partial charge in [0.1, 0.15) is 5.82 Å². The van der Waals surface area contributed by atoms with Crippen LogP contribution in [0.5, 0.6) is 0 Å². The predicted octanol–water partition coefficient (Wildman–Crippen LogP) is 1.49. The van der Waals surface area contributed by atoms with E-state index in [1.807, 2.05) is 0 Å². The number of esters is 1. The van der Waals surface area contributed by atoms with Crippen molar-refractivity contribution in [2.75, 3.05) is 18.5 Å². The summed E-state index contributed by atoms with van der Waals surface area (Å²) in [5, 5.41) is 2.43. The van der Waals surface area contributed by atoms with Crippen LogP contribution in [0.3, 0.4) is 0 Å². The predicted molar refractivity (Wildman–Crippen MR) is 65.0 cm³/mol. The van der Waals surface area contributed by atoms with E-state index in [-0.39, 0.29) is 0 Å². The standard InChI is InChI=1S/C13H14FNO4/c14-9-3-1-4-10(7-9)15-12(16)8-19-13(17)11-5-2-6-18-11/h1,3-4,7,11H,2,5-6,8H2,(H,15,16)/t11-/m0/s1. The van der Waals surface area contributed by atoms with E-state index in [2.05, 4.69) is 5.32 Å². The van der Waals surface area contributed by atoms with Gasteiger partial charge in [-0.15, -0.1) is 0 Å². The van der Waals surface area contributed by atoms with E-state index >= 15 is 0 Å². The molecule has 0 aromatic heterocycles. The summed E-state index contributed by atoms with van der Waals surface area (Å²) < 4.78 is 22.8. The van der Waals surface area contributed by atoms with Crippen molar-refractivity contribution in [3.8, 4) is 0 Å². The summed E-state index contributed by atoms with van der Waals surface area (Å²) in [6.07, 6.45) is 0.863. The largest absolute Gasteiger partial charge is 0.454 e. The van der Waals surface area contributed by atoms with Crippen molar-refractivity contribution in [1.29, 1.82) is 0 Å². The van der Waals surface area contributed by atoms with Crippen molar-refractivity contribution < 1.29 is 23.5 Å². The molecule has 1 fully saturated rings. The highest BCUT2D eigenvalue weighted by Gasteiger charge is 2.25. The summed E-state index contributed by atoms with van der Waals surface area (Å²) in [4.78, 5) is 23.0. The Morgan fingerprint density at radius 3 is 3.00 bits per heavy atom. The maximum Gasteiger partial charge on any atom is 0.335 e. The first kappa shape index (κ1) is 13.5. The number of hydrogen-bond acceptors (Lipinski definition) is 4. The Morgan fingerprint density at radius 2 is 2.32 bits per heavy atom. The third kappa shape index (κ3) is 4.03. The minimum atomic E-state index is -0.568. The van der Waals surface area contributed by atoms with Gasteiger partial charge in [-0.3, -0.25) is 4.79 Å². The average molecular weight is 267 g/mol. The third-order valence-electron chi connectivity index (χ3n) is 2.65. The zero-order valence-electron chi connectivity index (χ0n) is 10.2. The summed E-state index contributed by atoms with van der Waals surface area (Å²) in [6.45, 7) is 0.129. The molecule has 102 valence electrons. The number of carbonyl (C=O) groups is 2. The van der Waals surface area contributed by atoms with Gasteiger partial charge in [0, 0.05) is 12.3 Å². The molecule has 0 bridgehead atoms. The Balaban J connectivity index is 1.76. The summed E-state index contributed by atoms with van der Waals surface area (Å²) in [7, 11) is 0. The summed E-state index contributed by atoms with van der Waals surface area (Å²) in [5.41, 5.74) is 0.318. The van der Waals surface area contributed by atoms with E-state index < -0.39 is 30.4 Å². The van der Waals surface area contributed by atoms with Crippen molar-refractivity contribution in [1.82, 2.24) is 0 Å². The molecule has 1 aromatic carbocycles. The second-order valence-corrected chi connectivity index (χ2v) is 4.17. The van der Waals surface area contributed by atoms with E-state index in [0.717, 1.165) is 6.42 Å². The number of ether oxygens (including phenoxy) is 2. The van der Waals surface area contributed by atoms with E-state index in [1.165, 1.54) is 18.2 Å². The number of hydrogen-bond donors (Lipinski definition) is 1. The molecule has 1 amide bonds. The van der Waals surface area contributed by atoms with Crippen LogP contribution in [-0.4, -0.2) is 31.2 Å². The number of amides is 1. The molecule has 0 aliphatic carbocycles. The second kappa shape index (κ2) is 6.29. The zero-order valence-corrected chi connectivity index (χ0v) is 10.2. The van der Waals surface area contributed by atoms with Crippen LogP contribution in [-0.2, 0) is 19.1 Å². The van der Waals surface area contributed by atoms with Crippen molar-refractivity contribution >= 4 is 17.6 Å². The summed E-state index contributed by atoms with van der Waals surface area (Å²) >= 11 is 0. The van der Waals surface area contributed by atoms with Gasteiger partial charge in [0.25, 0.3) is 5.91 Å². The lowest BCUT2D eigenvalue weighted by molar-refractivity contribution is -0.156. The first-order valence-electron chi connectivity index (χ1n) is 5.99. The number of nitrogens with one attached hydrogen (secondary N) is 1. The van der Waals surface area contributed by atoms with Crippen molar-refractivity contribution in [2.45, 2.75) is 18.9 Å². The first-order valence-corrected chi connectivity index (χ1v) is 5.99. The number of halogens is 1. The highest BCUT2D eigenvalue weighted by Crippen LogP contribution is 2.13. The van der Waals surface area contributed by atoms with E-state index in [4.69, 9.17) is 9.47 Å². The van der Waals surface area contributed by atoms with Gasteiger partial charge in [-0.2, -0.15) is 0 Å². The number of rotatable bonds is 4. The fourth-order valence-corrected chi connectivity index (χ4v) is 1.76. The maximum atomic E-state index is 12.9. The quantitative estimate of drug-likeness (QED) is 0.839. The Morgan fingerprint density at radius 1 is 1.47 bits per heavy atom. The van der Waals surface area contributed by atoms with Gasteiger partial charge < -0.3 is 14.8 Å². The molecule has 1 atom stereocenters. The van der Waals surface area contributed by atoms with Crippen LogP contribution < -0.4 is 5.32 Å². The summed E-state index contributed by atoms with van der Waals surface area (Å²) in [5.74, 6) is -1.50. The number of anilines is 1. The molecule has 1 saturated heterocycles. The summed E-state index contributed by atoms with van der Waals surface area (Å²) in [6, 6.07) is 5.47. The highest BCUT2D eigenvalue weighted by atomic mass is 19.1. The lowest BCUT2D eigenvalue weighted by Gasteiger charge is -2.09. The minimum absolute atomic E-state index is 0.318. The topological polar surface area (TPSA) is 64.6 Å². The van der Waals surface area contributed by atoms with Crippen LogP contribution in [0.25, 0.3) is 0 Å². The van der Waals surface area contributed by atoms with E-state index in [9.17, 15) is 14.0 Å². The lowest BCUT2D eigenvalue weighted by atomic mass is 10.2.